The molecule has 2 unspecified atom stereocenters. The Kier molecular flexibility index (Phi) is 6.89. The van der Waals surface area contributed by atoms with Crippen molar-refractivity contribution in [1.29, 1.82) is 0 Å². The van der Waals surface area contributed by atoms with Crippen molar-refractivity contribution >= 4 is 0 Å². The van der Waals surface area contributed by atoms with Gasteiger partial charge in [-0.05, 0) is 61.6 Å². The van der Waals surface area contributed by atoms with Gasteiger partial charge in [0.1, 0.15) is 0 Å². The molecule has 1 aromatic carbocycles. The van der Waals surface area contributed by atoms with Gasteiger partial charge in [-0.25, -0.2) is 0 Å². The van der Waals surface area contributed by atoms with Gasteiger partial charge >= 0.3 is 0 Å². The van der Waals surface area contributed by atoms with Gasteiger partial charge in [0.25, 0.3) is 0 Å². The Balaban J connectivity index is 0.000000277. The number of allylic oxidation sites excluding steroid dienone is 5. The van der Waals surface area contributed by atoms with Crippen molar-refractivity contribution < 1.29 is 0 Å². The predicted octanol–water partition coefficient (Wildman–Crippen LogP) is 7.08. The van der Waals surface area contributed by atoms with E-state index < -0.39 is 0 Å². The SMILES string of the molecule is C=CCC(C)C.Cc1ccc(C2C=CCC2)cc1C1C=CCC1. The zero-order valence-corrected chi connectivity index (χ0v) is 15.1. The Morgan fingerprint density at radius 2 is 1.74 bits per heavy atom. The molecule has 0 N–H and O–H groups in total. The summed E-state index contributed by atoms with van der Waals surface area (Å²) in [4.78, 5) is 0. The molecule has 0 amide bonds. The highest BCUT2D eigenvalue weighted by Gasteiger charge is 2.17. The van der Waals surface area contributed by atoms with E-state index in [1.54, 1.807) is 5.56 Å². The van der Waals surface area contributed by atoms with Gasteiger partial charge in [-0.2, -0.15) is 0 Å². The lowest BCUT2D eigenvalue weighted by molar-refractivity contribution is 0.664. The average molecular weight is 309 g/mol. The number of aryl methyl sites for hydroxylation is 1. The minimum absolute atomic E-state index is 0.666. The van der Waals surface area contributed by atoms with Crippen molar-refractivity contribution in [2.45, 2.75) is 64.7 Å². The van der Waals surface area contributed by atoms with Gasteiger partial charge in [-0.1, -0.05) is 62.4 Å². The third kappa shape index (κ3) is 5.23. The number of rotatable bonds is 4. The van der Waals surface area contributed by atoms with Crippen LogP contribution in [-0.4, -0.2) is 0 Å². The smallest absolute Gasteiger partial charge is 0.00236 e. The topological polar surface area (TPSA) is 0 Å². The maximum Gasteiger partial charge on any atom is 0.00236 e. The first kappa shape index (κ1) is 17.8. The molecular formula is C23H32. The van der Waals surface area contributed by atoms with Gasteiger partial charge in [0.15, 0.2) is 0 Å². The van der Waals surface area contributed by atoms with Crippen molar-refractivity contribution in [1.82, 2.24) is 0 Å². The summed E-state index contributed by atoms with van der Waals surface area (Å²) >= 11 is 0. The molecule has 2 atom stereocenters. The van der Waals surface area contributed by atoms with E-state index in [0.29, 0.717) is 11.8 Å². The van der Waals surface area contributed by atoms with E-state index in [1.807, 2.05) is 6.08 Å². The standard InChI is InChI=1S/C17H20.C6H12/c1-13-10-11-16(14-6-2-3-7-14)12-17(13)15-8-4-5-9-15;1-4-5-6(2)3/h2,4,6,8,10-12,14-15H,3,5,7,9H2,1H3;4,6H,1,5H2,2-3H3. The summed E-state index contributed by atoms with van der Waals surface area (Å²) in [6, 6.07) is 7.08. The maximum absolute atomic E-state index is 3.60. The molecule has 2 aliphatic carbocycles. The molecular weight excluding hydrogens is 276 g/mol. The fraction of sp³-hybridized carbons (Fsp3) is 0.478. The number of hydrogen-bond acceptors (Lipinski definition) is 0. The summed E-state index contributed by atoms with van der Waals surface area (Å²) in [5.41, 5.74) is 4.52. The van der Waals surface area contributed by atoms with E-state index in [2.05, 4.69) is 69.9 Å². The summed E-state index contributed by atoms with van der Waals surface area (Å²) < 4.78 is 0. The molecule has 0 aliphatic heterocycles. The van der Waals surface area contributed by atoms with Crippen LogP contribution in [0.5, 0.6) is 0 Å². The lowest BCUT2D eigenvalue weighted by atomic mass is 9.89. The molecule has 1 aromatic rings. The zero-order valence-electron chi connectivity index (χ0n) is 15.1. The molecule has 0 fully saturated rings. The molecule has 0 nitrogen and oxygen atoms in total. The Morgan fingerprint density at radius 1 is 1.09 bits per heavy atom. The lowest BCUT2D eigenvalue weighted by Crippen LogP contribution is -1.99. The highest BCUT2D eigenvalue weighted by molar-refractivity contribution is 5.40. The van der Waals surface area contributed by atoms with Crippen molar-refractivity contribution in [3.8, 4) is 0 Å². The molecule has 0 aromatic heterocycles. The van der Waals surface area contributed by atoms with E-state index >= 15 is 0 Å². The monoisotopic (exact) mass is 308 g/mol. The predicted molar refractivity (Wildman–Crippen MR) is 103 cm³/mol. The number of benzene rings is 1. The molecule has 0 heterocycles. The van der Waals surface area contributed by atoms with Crippen LogP contribution >= 0.6 is 0 Å². The van der Waals surface area contributed by atoms with Crippen LogP contribution in [-0.2, 0) is 0 Å². The highest BCUT2D eigenvalue weighted by atomic mass is 14.2. The summed E-state index contributed by atoms with van der Waals surface area (Å²) in [5.74, 6) is 2.11. The van der Waals surface area contributed by atoms with Crippen molar-refractivity contribution in [2.75, 3.05) is 0 Å². The molecule has 0 bridgehead atoms. The molecule has 23 heavy (non-hydrogen) atoms. The minimum Gasteiger partial charge on any atom is -0.103 e. The third-order valence-electron chi connectivity index (χ3n) is 4.79. The normalized spacial score (nSPS) is 22.3. The van der Waals surface area contributed by atoms with E-state index in [9.17, 15) is 0 Å². The third-order valence-corrected chi connectivity index (χ3v) is 4.79. The fourth-order valence-corrected chi connectivity index (χ4v) is 3.42. The summed E-state index contributed by atoms with van der Waals surface area (Å²) in [7, 11) is 0. The van der Waals surface area contributed by atoms with Crippen LogP contribution in [0.25, 0.3) is 0 Å². The fourth-order valence-electron chi connectivity index (χ4n) is 3.42. The summed E-state index contributed by atoms with van der Waals surface area (Å²) in [5, 5.41) is 0. The second-order valence-electron chi connectivity index (χ2n) is 7.26. The maximum atomic E-state index is 3.60. The van der Waals surface area contributed by atoms with Crippen LogP contribution < -0.4 is 0 Å². The molecule has 124 valence electrons. The second kappa shape index (κ2) is 8.91. The Morgan fingerprint density at radius 3 is 2.22 bits per heavy atom. The van der Waals surface area contributed by atoms with Crippen LogP contribution in [0.1, 0.15) is 74.5 Å². The summed E-state index contributed by atoms with van der Waals surface area (Å²) in [6.45, 7) is 10.2. The first-order valence-corrected chi connectivity index (χ1v) is 9.16. The second-order valence-corrected chi connectivity index (χ2v) is 7.26. The molecule has 0 saturated heterocycles. The van der Waals surface area contributed by atoms with Crippen LogP contribution in [0.3, 0.4) is 0 Å². The lowest BCUT2D eigenvalue weighted by Gasteiger charge is -2.16. The number of hydrogen-bond donors (Lipinski definition) is 0. The Hall–Kier alpha value is -1.56. The van der Waals surface area contributed by atoms with Gasteiger partial charge < -0.3 is 0 Å². The van der Waals surface area contributed by atoms with Crippen molar-refractivity contribution in [3.63, 3.8) is 0 Å². The molecule has 0 radical (unpaired) electrons. The largest absolute Gasteiger partial charge is 0.103 e. The van der Waals surface area contributed by atoms with E-state index in [1.165, 1.54) is 36.8 Å². The van der Waals surface area contributed by atoms with E-state index in [0.717, 1.165) is 12.3 Å². The van der Waals surface area contributed by atoms with Crippen molar-refractivity contribution in [3.05, 3.63) is 71.8 Å². The van der Waals surface area contributed by atoms with Crippen LogP contribution in [0.15, 0.2) is 55.2 Å². The van der Waals surface area contributed by atoms with E-state index in [-0.39, 0.29) is 0 Å². The van der Waals surface area contributed by atoms with Crippen LogP contribution in [0.2, 0.25) is 0 Å². The first-order valence-electron chi connectivity index (χ1n) is 9.16. The Labute approximate surface area is 143 Å². The van der Waals surface area contributed by atoms with E-state index in [4.69, 9.17) is 0 Å². The van der Waals surface area contributed by atoms with Crippen LogP contribution in [0.4, 0.5) is 0 Å². The Bertz CT molecular complexity index is 559. The van der Waals surface area contributed by atoms with Gasteiger partial charge in [-0.3, -0.25) is 0 Å². The molecule has 2 aliphatic rings. The van der Waals surface area contributed by atoms with Gasteiger partial charge in [0.2, 0.25) is 0 Å². The summed E-state index contributed by atoms with van der Waals surface area (Å²) in [6.07, 6.45) is 17.6. The van der Waals surface area contributed by atoms with Gasteiger partial charge in [0.05, 0.1) is 0 Å². The highest BCUT2D eigenvalue weighted by Crippen LogP contribution is 2.35. The molecule has 0 spiro atoms. The molecule has 0 heteroatoms. The zero-order chi connectivity index (χ0) is 16.7. The van der Waals surface area contributed by atoms with Gasteiger partial charge in [-0.15, -0.1) is 6.58 Å². The molecule has 3 rings (SSSR count). The van der Waals surface area contributed by atoms with Crippen LogP contribution in [0, 0.1) is 12.8 Å². The van der Waals surface area contributed by atoms with Gasteiger partial charge in [0, 0.05) is 11.8 Å². The quantitative estimate of drug-likeness (QED) is 0.521. The molecule has 0 saturated carbocycles. The first-order chi connectivity index (χ1) is 11.1. The minimum atomic E-state index is 0.666. The van der Waals surface area contributed by atoms with Crippen molar-refractivity contribution in [2.24, 2.45) is 5.92 Å². The average Bonchev–Trinajstić information content (AvgIpc) is 3.22.